The van der Waals surface area contributed by atoms with Crippen LogP contribution in [0.4, 0.5) is 5.69 Å². The first-order valence-corrected chi connectivity index (χ1v) is 6.65. The topological polar surface area (TPSA) is 77.3 Å². The molecule has 0 saturated heterocycles. The molecule has 21 heavy (non-hydrogen) atoms. The van der Waals surface area contributed by atoms with Crippen molar-refractivity contribution in [3.63, 3.8) is 0 Å². The van der Waals surface area contributed by atoms with Crippen molar-refractivity contribution in [2.45, 2.75) is 6.92 Å². The Labute approximate surface area is 122 Å². The van der Waals surface area contributed by atoms with E-state index in [9.17, 15) is 10.1 Å². The molecule has 2 aromatic rings. The summed E-state index contributed by atoms with van der Waals surface area (Å²) in [5.74, 6) is 0.571. The maximum Gasteiger partial charge on any atom is 0.295 e. The average Bonchev–Trinajstić information content (AvgIpc) is 2.50. The van der Waals surface area contributed by atoms with Gasteiger partial charge in [-0.1, -0.05) is 13.5 Å². The minimum Gasteiger partial charge on any atom is -0.488 e. The molecule has 0 unspecified atom stereocenters. The molecular weight excluding hydrogens is 270 g/mol. The molecule has 0 fully saturated rings. The van der Waals surface area contributed by atoms with Crippen molar-refractivity contribution in [1.29, 1.82) is 0 Å². The fraction of sp³-hybridized carbons (Fsp3) is 0.267. The summed E-state index contributed by atoms with van der Waals surface area (Å²) in [6.07, 6.45) is 1.53. The van der Waals surface area contributed by atoms with Gasteiger partial charge in [-0.2, -0.15) is 0 Å². The van der Waals surface area contributed by atoms with Crippen molar-refractivity contribution in [3.8, 4) is 5.75 Å². The Kier molecular flexibility index (Phi) is 4.84. The fourth-order valence-corrected chi connectivity index (χ4v) is 1.94. The van der Waals surface area contributed by atoms with Gasteiger partial charge in [0.2, 0.25) is 0 Å². The standard InChI is InChI=1S/C15H17N3O3/c1-3-16-9-11(2)10-21-14-7-6-13(18(19)20)15-12(14)5-4-8-17-15/h4-8,16H,2-3,9-10H2,1H3. The van der Waals surface area contributed by atoms with Crippen molar-refractivity contribution in [2.24, 2.45) is 0 Å². The molecular formula is C15H17N3O3. The van der Waals surface area contributed by atoms with Gasteiger partial charge in [0.05, 0.1) is 4.92 Å². The van der Waals surface area contributed by atoms with Crippen molar-refractivity contribution in [2.75, 3.05) is 19.7 Å². The maximum atomic E-state index is 11.0. The molecule has 0 radical (unpaired) electrons. The largest absolute Gasteiger partial charge is 0.488 e. The third-order valence-electron chi connectivity index (χ3n) is 2.96. The monoisotopic (exact) mass is 287 g/mol. The lowest BCUT2D eigenvalue weighted by molar-refractivity contribution is -0.383. The number of nitro benzene ring substituents is 1. The van der Waals surface area contributed by atoms with E-state index in [2.05, 4.69) is 16.9 Å². The number of hydrogen-bond donors (Lipinski definition) is 1. The Bertz CT molecular complexity index is 670. The van der Waals surface area contributed by atoms with Gasteiger partial charge in [-0.3, -0.25) is 10.1 Å². The molecule has 6 heteroatoms. The van der Waals surface area contributed by atoms with Crippen LogP contribution >= 0.6 is 0 Å². The zero-order valence-electron chi connectivity index (χ0n) is 11.8. The smallest absolute Gasteiger partial charge is 0.295 e. The number of ether oxygens (including phenoxy) is 1. The molecule has 6 nitrogen and oxygen atoms in total. The predicted molar refractivity (Wildman–Crippen MR) is 81.6 cm³/mol. The summed E-state index contributed by atoms with van der Waals surface area (Å²) in [5.41, 5.74) is 1.22. The van der Waals surface area contributed by atoms with Crippen LogP contribution in [0.15, 0.2) is 42.6 Å². The van der Waals surface area contributed by atoms with Gasteiger partial charge >= 0.3 is 0 Å². The van der Waals surface area contributed by atoms with Crippen LogP contribution in [0.1, 0.15) is 6.92 Å². The third kappa shape index (κ3) is 3.55. The summed E-state index contributed by atoms with van der Waals surface area (Å²) in [6, 6.07) is 6.50. The van der Waals surface area contributed by atoms with E-state index in [0.717, 1.165) is 12.1 Å². The number of likely N-dealkylation sites (N-methyl/N-ethyl adjacent to an activating group) is 1. The second kappa shape index (κ2) is 6.81. The highest BCUT2D eigenvalue weighted by Crippen LogP contribution is 2.31. The molecule has 110 valence electrons. The molecule has 0 aliphatic carbocycles. The van der Waals surface area contributed by atoms with E-state index in [-0.39, 0.29) is 5.69 Å². The van der Waals surface area contributed by atoms with Crippen molar-refractivity contribution < 1.29 is 9.66 Å². The number of nitro groups is 1. The van der Waals surface area contributed by atoms with E-state index in [1.807, 2.05) is 6.92 Å². The molecule has 1 heterocycles. The van der Waals surface area contributed by atoms with E-state index in [1.165, 1.54) is 12.3 Å². The lowest BCUT2D eigenvalue weighted by atomic mass is 10.1. The van der Waals surface area contributed by atoms with Crippen LogP contribution in [0, 0.1) is 10.1 Å². The number of benzene rings is 1. The van der Waals surface area contributed by atoms with E-state index >= 15 is 0 Å². The minimum absolute atomic E-state index is 0.0237. The zero-order chi connectivity index (χ0) is 15.2. The van der Waals surface area contributed by atoms with E-state index < -0.39 is 4.92 Å². The van der Waals surface area contributed by atoms with Gasteiger partial charge in [-0.25, -0.2) is 4.98 Å². The van der Waals surface area contributed by atoms with Crippen LogP contribution in [-0.2, 0) is 0 Å². The molecule has 0 aliphatic heterocycles. The molecule has 0 spiro atoms. The van der Waals surface area contributed by atoms with Crippen LogP contribution in [0.25, 0.3) is 10.9 Å². The van der Waals surface area contributed by atoms with Gasteiger partial charge < -0.3 is 10.1 Å². The number of hydrogen-bond acceptors (Lipinski definition) is 5. The molecule has 0 atom stereocenters. The molecule has 0 amide bonds. The molecule has 2 rings (SSSR count). The van der Waals surface area contributed by atoms with E-state index in [0.29, 0.717) is 29.8 Å². The van der Waals surface area contributed by atoms with Gasteiger partial charge in [-0.15, -0.1) is 0 Å². The Hall–Kier alpha value is -2.47. The van der Waals surface area contributed by atoms with Crippen molar-refractivity contribution in [1.82, 2.24) is 10.3 Å². The summed E-state index contributed by atoms with van der Waals surface area (Å²) in [6.45, 7) is 7.84. The predicted octanol–water partition coefficient (Wildman–Crippen LogP) is 2.69. The van der Waals surface area contributed by atoms with Gasteiger partial charge in [0.1, 0.15) is 12.4 Å². The summed E-state index contributed by atoms with van der Waals surface area (Å²) in [4.78, 5) is 14.7. The first kappa shape index (κ1) is 14.9. The van der Waals surface area contributed by atoms with Crippen LogP contribution in [-0.4, -0.2) is 29.6 Å². The number of rotatable bonds is 7. The molecule has 1 aromatic heterocycles. The summed E-state index contributed by atoms with van der Waals surface area (Å²) < 4.78 is 5.71. The highest BCUT2D eigenvalue weighted by molar-refractivity contribution is 5.91. The van der Waals surface area contributed by atoms with Crippen molar-refractivity contribution in [3.05, 3.63) is 52.7 Å². The van der Waals surface area contributed by atoms with Gasteiger partial charge in [0.25, 0.3) is 5.69 Å². The SMILES string of the molecule is C=C(CNCC)COc1ccc([N+](=O)[O-])c2ncccc12. The highest BCUT2D eigenvalue weighted by atomic mass is 16.6. The van der Waals surface area contributed by atoms with Crippen LogP contribution < -0.4 is 10.1 Å². The molecule has 0 saturated carbocycles. The van der Waals surface area contributed by atoms with Crippen LogP contribution in [0.3, 0.4) is 0 Å². The van der Waals surface area contributed by atoms with E-state index in [4.69, 9.17) is 4.74 Å². The Morgan fingerprint density at radius 3 is 3.00 bits per heavy atom. The summed E-state index contributed by atoms with van der Waals surface area (Å²) in [7, 11) is 0. The number of non-ortho nitro benzene ring substituents is 1. The fourth-order valence-electron chi connectivity index (χ4n) is 1.94. The molecule has 1 aromatic carbocycles. The molecule has 1 N–H and O–H groups in total. The quantitative estimate of drug-likeness (QED) is 0.481. The lowest BCUT2D eigenvalue weighted by Crippen LogP contribution is -2.18. The number of aromatic nitrogens is 1. The lowest BCUT2D eigenvalue weighted by Gasteiger charge is -2.11. The van der Waals surface area contributed by atoms with Gasteiger partial charge in [0.15, 0.2) is 5.52 Å². The van der Waals surface area contributed by atoms with E-state index in [1.54, 1.807) is 18.2 Å². The van der Waals surface area contributed by atoms with Gasteiger partial charge in [0, 0.05) is 24.2 Å². The van der Waals surface area contributed by atoms with Gasteiger partial charge in [-0.05, 0) is 30.3 Å². The number of nitrogens with one attached hydrogen (secondary N) is 1. The maximum absolute atomic E-state index is 11.0. The first-order chi connectivity index (χ1) is 10.1. The molecule has 0 bridgehead atoms. The van der Waals surface area contributed by atoms with Crippen molar-refractivity contribution >= 4 is 16.6 Å². The summed E-state index contributed by atoms with van der Waals surface area (Å²) in [5, 5.41) is 14.8. The highest BCUT2D eigenvalue weighted by Gasteiger charge is 2.15. The minimum atomic E-state index is -0.441. The normalized spacial score (nSPS) is 10.5. The Morgan fingerprint density at radius 1 is 1.48 bits per heavy atom. The number of pyridine rings is 1. The van der Waals surface area contributed by atoms with Crippen LogP contribution in [0.2, 0.25) is 0 Å². The first-order valence-electron chi connectivity index (χ1n) is 6.65. The number of fused-ring (bicyclic) bond motifs is 1. The Morgan fingerprint density at radius 2 is 2.29 bits per heavy atom. The average molecular weight is 287 g/mol. The molecule has 0 aliphatic rings. The zero-order valence-corrected chi connectivity index (χ0v) is 11.8. The Balaban J connectivity index is 2.23. The third-order valence-corrected chi connectivity index (χ3v) is 2.96. The summed E-state index contributed by atoms with van der Waals surface area (Å²) >= 11 is 0. The second-order valence-electron chi connectivity index (χ2n) is 4.56. The second-order valence-corrected chi connectivity index (χ2v) is 4.56. The van der Waals surface area contributed by atoms with Crippen LogP contribution in [0.5, 0.6) is 5.75 Å². The number of nitrogens with zero attached hydrogens (tertiary/aromatic N) is 2.